The number of carbonyl (C=O) groups excluding carboxylic acids is 2. The van der Waals surface area contributed by atoms with E-state index in [1.165, 1.54) is 32.1 Å². The number of ether oxygens (including phenoxy) is 1. The van der Waals surface area contributed by atoms with Crippen molar-refractivity contribution in [3.63, 3.8) is 0 Å². The molecule has 0 saturated carbocycles. The third kappa shape index (κ3) is 7.98. The van der Waals surface area contributed by atoms with Gasteiger partial charge in [-0.25, -0.2) is 0 Å². The summed E-state index contributed by atoms with van der Waals surface area (Å²) in [6.45, 7) is 2.21. The van der Waals surface area contributed by atoms with Crippen molar-refractivity contribution in [3.05, 3.63) is 54.1 Å². The van der Waals surface area contributed by atoms with Crippen LogP contribution in [0.2, 0.25) is 0 Å². The van der Waals surface area contributed by atoms with Crippen LogP contribution in [0.5, 0.6) is 5.75 Å². The molecule has 0 aliphatic carbocycles. The zero-order valence-corrected chi connectivity index (χ0v) is 17.5. The lowest BCUT2D eigenvalue weighted by molar-refractivity contribution is -0.116. The Balaban J connectivity index is 1.76. The van der Waals surface area contributed by atoms with Crippen LogP contribution in [0.1, 0.15) is 68.6 Å². The maximum absolute atomic E-state index is 12.4. The molecule has 0 aliphatic heterocycles. The summed E-state index contributed by atoms with van der Waals surface area (Å²) in [6, 6.07) is 14.2. The van der Waals surface area contributed by atoms with Gasteiger partial charge in [0.1, 0.15) is 5.75 Å². The number of nitrogens with one attached hydrogen (secondary N) is 2. The van der Waals surface area contributed by atoms with Crippen LogP contribution >= 0.6 is 0 Å². The highest BCUT2D eigenvalue weighted by molar-refractivity contribution is 6.05. The first-order valence-electron chi connectivity index (χ1n) is 10.5. The van der Waals surface area contributed by atoms with Crippen LogP contribution in [0.4, 0.5) is 11.4 Å². The molecule has 0 aliphatic rings. The molecule has 0 radical (unpaired) electrons. The van der Waals surface area contributed by atoms with Crippen molar-refractivity contribution in [2.24, 2.45) is 0 Å². The lowest BCUT2D eigenvalue weighted by Gasteiger charge is -2.10. The predicted molar refractivity (Wildman–Crippen MR) is 119 cm³/mol. The summed E-state index contributed by atoms with van der Waals surface area (Å²) < 4.78 is 5.25. The molecule has 0 saturated heterocycles. The van der Waals surface area contributed by atoms with Crippen LogP contribution in [0.15, 0.2) is 48.5 Å². The molecule has 29 heavy (non-hydrogen) atoms. The number of anilines is 2. The van der Waals surface area contributed by atoms with Gasteiger partial charge in [0.25, 0.3) is 5.91 Å². The van der Waals surface area contributed by atoms with Gasteiger partial charge in [0.05, 0.1) is 12.8 Å². The van der Waals surface area contributed by atoms with Crippen LogP contribution in [0.3, 0.4) is 0 Å². The van der Waals surface area contributed by atoms with Gasteiger partial charge >= 0.3 is 0 Å². The number of methoxy groups -OCH3 is 1. The van der Waals surface area contributed by atoms with Gasteiger partial charge in [-0.2, -0.15) is 0 Å². The van der Waals surface area contributed by atoms with E-state index in [-0.39, 0.29) is 11.8 Å². The summed E-state index contributed by atoms with van der Waals surface area (Å²) in [4.78, 5) is 24.5. The van der Waals surface area contributed by atoms with Crippen molar-refractivity contribution in [1.82, 2.24) is 0 Å². The largest absolute Gasteiger partial charge is 0.495 e. The van der Waals surface area contributed by atoms with E-state index in [0.29, 0.717) is 29.1 Å². The van der Waals surface area contributed by atoms with Crippen molar-refractivity contribution in [1.29, 1.82) is 0 Å². The monoisotopic (exact) mass is 396 g/mol. The minimum Gasteiger partial charge on any atom is -0.495 e. The molecule has 0 unspecified atom stereocenters. The molecule has 5 nitrogen and oxygen atoms in total. The van der Waals surface area contributed by atoms with Gasteiger partial charge in [-0.05, 0) is 42.8 Å². The quantitative estimate of drug-likeness (QED) is 0.431. The fourth-order valence-corrected chi connectivity index (χ4v) is 3.11. The number of carbonyl (C=O) groups is 2. The first-order chi connectivity index (χ1) is 14.1. The van der Waals surface area contributed by atoms with Crippen molar-refractivity contribution in [3.8, 4) is 5.75 Å². The SMILES string of the molecule is CCCCCCCCCC(=O)Nc1ccc(C(=O)Nc2ccccc2OC)cc1. The van der Waals surface area contributed by atoms with Crippen LogP contribution in [0, 0.1) is 0 Å². The van der Waals surface area contributed by atoms with Crippen LogP contribution in [-0.2, 0) is 4.79 Å². The third-order valence-electron chi connectivity index (χ3n) is 4.79. The molecular weight excluding hydrogens is 364 g/mol. The minimum atomic E-state index is -0.226. The Kier molecular flexibility index (Phi) is 9.76. The van der Waals surface area contributed by atoms with E-state index in [4.69, 9.17) is 4.74 Å². The Morgan fingerprint density at radius 1 is 0.828 bits per heavy atom. The summed E-state index contributed by atoms with van der Waals surface area (Å²) in [5, 5.41) is 5.74. The van der Waals surface area contributed by atoms with Crippen LogP contribution < -0.4 is 15.4 Å². The second-order valence-corrected chi connectivity index (χ2v) is 7.15. The van der Waals surface area contributed by atoms with Gasteiger partial charge < -0.3 is 15.4 Å². The Labute approximate surface area is 173 Å². The lowest BCUT2D eigenvalue weighted by atomic mass is 10.1. The average molecular weight is 397 g/mol. The summed E-state index contributed by atoms with van der Waals surface area (Å²) in [6.07, 6.45) is 8.84. The normalized spacial score (nSPS) is 10.4. The standard InChI is InChI=1S/C24H32N2O3/c1-3-4-5-6-7-8-9-14-23(27)25-20-17-15-19(16-18-20)24(28)26-21-12-10-11-13-22(21)29-2/h10-13,15-18H,3-9,14H2,1-2H3,(H,25,27)(H,26,28). The Bertz CT molecular complexity index is 772. The molecule has 2 amide bonds. The summed E-state index contributed by atoms with van der Waals surface area (Å²) >= 11 is 0. The van der Waals surface area contributed by atoms with E-state index < -0.39 is 0 Å². The topological polar surface area (TPSA) is 67.4 Å². The second kappa shape index (κ2) is 12.6. The first-order valence-corrected chi connectivity index (χ1v) is 10.5. The summed E-state index contributed by atoms with van der Waals surface area (Å²) in [5.41, 5.74) is 1.83. The third-order valence-corrected chi connectivity index (χ3v) is 4.79. The van der Waals surface area contributed by atoms with E-state index >= 15 is 0 Å². The smallest absolute Gasteiger partial charge is 0.255 e. The van der Waals surface area contributed by atoms with E-state index in [1.54, 1.807) is 43.5 Å². The molecule has 156 valence electrons. The molecule has 0 fully saturated rings. The Morgan fingerprint density at radius 2 is 1.48 bits per heavy atom. The first kappa shape index (κ1) is 22.5. The lowest BCUT2D eigenvalue weighted by Crippen LogP contribution is -2.14. The number of hydrogen-bond donors (Lipinski definition) is 2. The van der Waals surface area contributed by atoms with Crippen LogP contribution in [-0.4, -0.2) is 18.9 Å². The highest BCUT2D eigenvalue weighted by Gasteiger charge is 2.10. The highest BCUT2D eigenvalue weighted by atomic mass is 16.5. The van der Waals surface area contributed by atoms with Crippen molar-refractivity contribution < 1.29 is 14.3 Å². The van der Waals surface area contributed by atoms with E-state index in [2.05, 4.69) is 17.6 Å². The van der Waals surface area contributed by atoms with E-state index in [1.807, 2.05) is 12.1 Å². The fourth-order valence-electron chi connectivity index (χ4n) is 3.11. The van der Waals surface area contributed by atoms with Gasteiger partial charge in [-0.3, -0.25) is 9.59 Å². The number of benzene rings is 2. The molecule has 2 aromatic carbocycles. The zero-order valence-electron chi connectivity index (χ0n) is 17.5. The summed E-state index contributed by atoms with van der Waals surface area (Å²) in [5.74, 6) is 0.398. The molecule has 0 heterocycles. The number of amides is 2. The molecular formula is C24H32N2O3. The highest BCUT2D eigenvalue weighted by Crippen LogP contribution is 2.24. The molecule has 2 aromatic rings. The molecule has 0 atom stereocenters. The number of hydrogen-bond acceptors (Lipinski definition) is 3. The fraction of sp³-hybridized carbons (Fsp3) is 0.417. The van der Waals surface area contributed by atoms with Crippen molar-refractivity contribution >= 4 is 23.2 Å². The zero-order chi connectivity index (χ0) is 20.9. The number of para-hydroxylation sites is 2. The number of rotatable bonds is 12. The summed E-state index contributed by atoms with van der Waals surface area (Å²) in [7, 11) is 1.56. The minimum absolute atomic E-state index is 0.0183. The maximum Gasteiger partial charge on any atom is 0.255 e. The predicted octanol–water partition coefficient (Wildman–Crippen LogP) is 6.03. The van der Waals surface area contributed by atoms with E-state index in [0.717, 1.165) is 12.8 Å². The van der Waals surface area contributed by atoms with Gasteiger partial charge in [-0.1, -0.05) is 57.6 Å². The molecule has 2 rings (SSSR count). The van der Waals surface area contributed by atoms with Gasteiger partial charge in [0, 0.05) is 17.7 Å². The molecule has 0 bridgehead atoms. The van der Waals surface area contributed by atoms with Crippen molar-refractivity contribution in [2.45, 2.75) is 58.3 Å². The number of unbranched alkanes of at least 4 members (excludes halogenated alkanes) is 6. The van der Waals surface area contributed by atoms with E-state index in [9.17, 15) is 9.59 Å². The average Bonchev–Trinajstić information content (AvgIpc) is 2.74. The van der Waals surface area contributed by atoms with Crippen LogP contribution in [0.25, 0.3) is 0 Å². The second-order valence-electron chi connectivity index (χ2n) is 7.15. The molecule has 0 aromatic heterocycles. The molecule has 5 heteroatoms. The Morgan fingerprint density at radius 3 is 2.17 bits per heavy atom. The molecule has 2 N–H and O–H groups in total. The van der Waals surface area contributed by atoms with Gasteiger partial charge in [0.15, 0.2) is 0 Å². The maximum atomic E-state index is 12.4. The van der Waals surface area contributed by atoms with Gasteiger partial charge in [-0.15, -0.1) is 0 Å². The Hall–Kier alpha value is -2.82. The molecule has 0 spiro atoms. The van der Waals surface area contributed by atoms with Crippen molar-refractivity contribution in [2.75, 3.05) is 17.7 Å². The van der Waals surface area contributed by atoms with Gasteiger partial charge in [0.2, 0.25) is 5.91 Å².